The van der Waals surface area contributed by atoms with Gasteiger partial charge in [-0.2, -0.15) is 0 Å². The molecule has 0 saturated carbocycles. The Balaban J connectivity index is 0.00000128. The molecule has 1 heterocycles. The second kappa shape index (κ2) is 6.24. The fourth-order valence-corrected chi connectivity index (χ4v) is 2.28. The van der Waals surface area contributed by atoms with Crippen molar-refractivity contribution in [3.05, 3.63) is 35.4 Å². The third-order valence-corrected chi connectivity index (χ3v) is 3.36. The number of nitrogens with two attached hydrogens (primary N) is 1. The molecule has 0 aliphatic carbocycles. The summed E-state index contributed by atoms with van der Waals surface area (Å²) in [6, 6.07) is 8.64. The lowest BCUT2D eigenvalue weighted by atomic mass is 10.1. The minimum absolute atomic E-state index is 0. The quantitative estimate of drug-likeness (QED) is 0.878. The van der Waals surface area contributed by atoms with Crippen LogP contribution >= 0.6 is 12.4 Å². The Morgan fingerprint density at radius 2 is 2.12 bits per heavy atom. The largest absolute Gasteiger partial charge is 0.330 e. The van der Waals surface area contributed by atoms with E-state index in [4.69, 9.17) is 5.73 Å². The second-order valence-electron chi connectivity index (χ2n) is 4.55. The van der Waals surface area contributed by atoms with Crippen LogP contribution in [0.2, 0.25) is 0 Å². The van der Waals surface area contributed by atoms with Crippen molar-refractivity contribution in [2.45, 2.75) is 19.9 Å². The van der Waals surface area contributed by atoms with E-state index in [0.717, 1.165) is 13.1 Å². The zero-order valence-corrected chi connectivity index (χ0v) is 10.7. The van der Waals surface area contributed by atoms with E-state index in [1.165, 1.54) is 30.6 Å². The predicted molar refractivity (Wildman–Crippen MR) is 70.9 cm³/mol. The highest BCUT2D eigenvalue weighted by Crippen LogP contribution is 2.18. The number of nitrogens with zero attached hydrogens (tertiary/aromatic N) is 1. The van der Waals surface area contributed by atoms with E-state index in [0.29, 0.717) is 5.92 Å². The van der Waals surface area contributed by atoms with Crippen molar-refractivity contribution >= 4 is 12.4 Å². The normalized spacial score (nSPS) is 20.8. The second-order valence-corrected chi connectivity index (χ2v) is 4.55. The maximum Gasteiger partial charge on any atom is 0.0236 e. The molecule has 2 N–H and O–H groups in total. The maximum atomic E-state index is 5.69. The molecule has 1 aliphatic heterocycles. The van der Waals surface area contributed by atoms with Gasteiger partial charge in [0.25, 0.3) is 0 Å². The number of halogens is 1. The first-order valence-electron chi connectivity index (χ1n) is 5.76. The Hall–Kier alpha value is -0.570. The van der Waals surface area contributed by atoms with E-state index >= 15 is 0 Å². The Kier molecular flexibility index (Phi) is 5.26. The molecule has 16 heavy (non-hydrogen) atoms. The van der Waals surface area contributed by atoms with Crippen LogP contribution < -0.4 is 5.73 Å². The van der Waals surface area contributed by atoms with Gasteiger partial charge in [0.1, 0.15) is 0 Å². The monoisotopic (exact) mass is 240 g/mol. The van der Waals surface area contributed by atoms with Crippen molar-refractivity contribution in [3.8, 4) is 0 Å². The van der Waals surface area contributed by atoms with Gasteiger partial charge >= 0.3 is 0 Å². The van der Waals surface area contributed by atoms with Gasteiger partial charge in [-0.3, -0.25) is 4.90 Å². The summed E-state index contributed by atoms with van der Waals surface area (Å²) in [4.78, 5) is 2.51. The first-order chi connectivity index (χ1) is 7.29. The fourth-order valence-electron chi connectivity index (χ4n) is 2.28. The fraction of sp³-hybridized carbons (Fsp3) is 0.538. The van der Waals surface area contributed by atoms with Crippen LogP contribution in [0.3, 0.4) is 0 Å². The molecule has 0 radical (unpaired) electrons. The summed E-state index contributed by atoms with van der Waals surface area (Å²) in [7, 11) is 0. The molecule has 0 amide bonds. The third kappa shape index (κ3) is 3.21. The van der Waals surface area contributed by atoms with Crippen LogP contribution in [0.1, 0.15) is 17.5 Å². The van der Waals surface area contributed by atoms with Gasteiger partial charge in [-0.05, 0) is 43.5 Å². The summed E-state index contributed by atoms with van der Waals surface area (Å²) in [6.45, 7) is 6.49. The van der Waals surface area contributed by atoms with Gasteiger partial charge in [0.2, 0.25) is 0 Å². The Labute approximate surface area is 104 Å². The van der Waals surface area contributed by atoms with Crippen LogP contribution in [-0.4, -0.2) is 24.5 Å². The summed E-state index contributed by atoms with van der Waals surface area (Å²) in [6.07, 6.45) is 1.27. The molecule has 1 aromatic rings. The molecule has 2 rings (SSSR count). The molecule has 1 saturated heterocycles. The Bertz CT molecular complexity index is 327. The SMILES string of the molecule is Cc1ccccc1CN1CCC(CN)C1.Cl. The van der Waals surface area contributed by atoms with Crippen molar-refractivity contribution in [3.63, 3.8) is 0 Å². The lowest BCUT2D eigenvalue weighted by Crippen LogP contribution is -2.23. The zero-order chi connectivity index (χ0) is 10.7. The zero-order valence-electron chi connectivity index (χ0n) is 9.86. The number of likely N-dealkylation sites (tertiary alicyclic amines) is 1. The van der Waals surface area contributed by atoms with E-state index in [9.17, 15) is 0 Å². The van der Waals surface area contributed by atoms with Gasteiger partial charge in [0.05, 0.1) is 0 Å². The van der Waals surface area contributed by atoms with Crippen LogP contribution in [-0.2, 0) is 6.54 Å². The average molecular weight is 241 g/mol. The van der Waals surface area contributed by atoms with Crippen molar-refractivity contribution in [2.24, 2.45) is 11.7 Å². The lowest BCUT2D eigenvalue weighted by molar-refractivity contribution is 0.317. The molecule has 1 unspecified atom stereocenters. The minimum Gasteiger partial charge on any atom is -0.330 e. The number of hydrogen-bond donors (Lipinski definition) is 1. The molecule has 3 heteroatoms. The highest BCUT2D eigenvalue weighted by Gasteiger charge is 2.21. The number of hydrogen-bond acceptors (Lipinski definition) is 2. The summed E-state index contributed by atoms with van der Waals surface area (Å²) in [5, 5.41) is 0. The lowest BCUT2D eigenvalue weighted by Gasteiger charge is -2.17. The Morgan fingerprint density at radius 3 is 2.75 bits per heavy atom. The van der Waals surface area contributed by atoms with E-state index in [2.05, 4.69) is 36.1 Å². The molecule has 0 aromatic heterocycles. The highest BCUT2D eigenvalue weighted by molar-refractivity contribution is 5.85. The average Bonchev–Trinajstić information content (AvgIpc) is 2.69. The van der Waals surface area contributed by atoms with Crippen molar-refractivity contribution < 1.29 is 0 Å². The van der Waals surface area contributed by atoms with E-state index < -0.39 is 0 Å². The topological polar surface area (TPSA) is 29.3 Å². The molecule has 1 atom stereocenters. The van der Waals surface area contributed by atoms with Gasteiger partial charge in [-0.15, -0.1) is 12.4 Å². The third-order valence-electron chi connectivity index (χ3n) is 3.36. The molecular formula is C13H21ClN2. The number of benzene rings is 1. The van der Waals surface area contributed by atoms with Gasteiger partial charge in [-0.25, -0.2) is 0 Å². The highest BCUT2D eigenvalue weighted by atomic mass is 35.5. The molecule has 1 aromatic carbocycles. The maximum absolute atomic E-state index is 5.69. The summed E-state index contributed by atoms with van der Waals surface area (Å²) in [5.74, 6) is 0.717. The number of aryl methyl sites for hydroxylation is 1. The van der Waals surface area contributed by atoms with Gasteiger partial charge in [0, 0.05) is 13.1 Å². The van der Waals surface area contributed by atoms with Crippen LogP contribution in [0.4, 0.5) is 0 Å². The van der Waals surface area contributed by atoms with E-state index in [-0.39, 0.29) is 12.4 Å². The minimum atomic E-state index is 0. The van der Waals surface area contributed by atoms with Crippen molar-refractivity contribution in [2.75, 3.05) is 19.6 Å². The molecular weight excluding hydrogens is 220 g/mol. The Morgan fingerprint density at radius 1 is 1.38 bits per heavy atom. The molecule has 0 spiro atoms. The standard InChI is InChI=1S/C13H20N2.ClH/c1-11-4-2-3-5-13(11)10-15-7-6-12(8-14)9-15;/h2-5,12H,6-10,14H2,1H3;1H. The van der Waals surface area contributed by atoms with Crippen LogP contribution in [0, 0.1) is 12.8 Å². The molecule has 90 valence electrons. The summed E-state index contributed by atoms with van der Waals surface area (Å²) in [5.41, 5.74) is 8.54. The summed E-state index contributed by atoms with van der Waals surface area (Å²) < 4.78 is 0. The van der Waals surface area contributed by atoms with Gasteiger partial charge < -0.3 is 5.73 Å². The van der Waals surface area contributed by atoms with Crippen molar-refractivity contribution in [1.82, 2.24) is 4.90 Å². The van der Waals surface area contributed by atoms with Crippen LogP contribution in [0.25, 0.3) is 0 Å². The van der Waals surface area contributed by atoms with Gasteiger partial charge in [0.15, 0.2) is 0 Å². The van der Waals surface area contributed by atoms with Gasteiger partial charge in [-0.1, -0.05) is 24.3 Å². The van der Waals surface area contributed by atoms with Crippen LogP contribution in [0.5, 0.6) is 0 Å². The van der Waals surface area contributed by atoms with E-state index in [1.54, 1.807) is 0 Å². The first kappa shape index (κ1) is 13.5. The first-order valence-corrected chi connectivity index (χ1v) is 5.76. The van der Waals surface area contributed by atoms with Crippen LogP contribution in [0.15, 0.2) is 24.3 Å². The molecule has 1 aliphatic rings. The summed E-state index contributed by atoms with van der Waals surface area (Å²) >= 11 is 0. The number of rotatable bonds is 3. The van der Waals surface area contributed by atoms with E-state index in [1.807, 2.05) is 0 Å². The molecule has 0 bridgehead atoms. The van der Waals surface area contributed by atoms with Crippen molar-refractivity contribution in [1.29, 1.82) is 0 Å². The predicted octanol–water partition coefficient (Wildman–Crippen LogP) is 2.20. The molecule has 1 fully saturated rings. The smallest absolute Gasteiger partial charge is 0.0236 e. The molecule has 2 nitrogen and oxygen atoms in total.